The summed E-state index contributed by atoms with van der Waals surface area (Å²) in [6, 6.07) is 1.83. The lowest BCUT2D eigenvalue weighted by Crippen LogP contribution is -2.26. The second-order valence-corrected chi connectivity index (χ2v) is 4.37. The van der Waals surface area contributed by atoms with Crippen molar-refractivity contribution in [1.29, 1.82) is 0 Å². The van der Waals surface area contributed by atoms with Crippen LogP contribution >= 0.6 is 15.9 Å². The molecule has 0 bridgehead atoms. The third kappa shape index (κ3) is 2.17. The van der Waals surface area contributed by atoms with E-state index in [4.69, 9.17) is 0 Å². The largest absolute Gasteiger partial charge is 0.280 e. The van der Waals surface area contributed by atoms with Crippen molar-refractivity contribution >= 4 is 27.8 Å². The molecule has 0 aromatic carbocycles. The van der Waals surface area contributed by atoms with Gasteiger partial charge in [-0.15, -0.1) is 0 Å². The van der Waals surface area contributed by atoms with Gasteiger partial charge in [0.15, 0.2) is 0 Å². The fraction of sp³-hybridized carbons (Fsp3) is 0.500. The predicted octanol–water partition coefficient (Wildman–Crippen LogP) is 1.53. The minimum absolute atomic E-state index is 0.116. The van der Waals surface area contributed by atoms with Gasteiger partial charge in [0.2, 0.25) is 11.9 Å². The molecule has 5 heteroatoms. The SMILES string of the molecule is Cc1ccnc(N2CC(CBr)CC2=O)n1. The summed E-state index contributed by atoms with van der Waals surface area (Å²) in [6.45, 7) is 2.61. The Balaban J connectivity index is 2.21. The highest BCUT2D eigenvalue weighted by molar-refractivity contribution is 9.09. The molecule has 1 aliphatic rings. The fourth-order valence-electron chi connectivity index (χ4n) is 1.64. The zero-order chi connectivity index (χ0) is 10.8. The van der Waals surface area contributed by atoms with Crippen molar-refractivity contribution < 1.29 is 4.79 Å². The van der Waals surface area contributed by atoms with E-state index in [0.29, 0.717) is 24.8 Å². The molecule has 1 unspecified atom stereocenters. The van der Waals surface area contributed by atoms with Crippen molar-refractivity contribution in [2.45, 2.75) is 13.3 Å². The lowest BCUT2D eigenvalue weighted by molar-refractivity contribution is -0.117. The van der Waals surface area contributed by atoms with Crippen molar-refractivity contribution in [3.05, 3.63) is 18.0 Å². The molecule has 1 fully saturated rings. The third-order valence-electron chi connectivity index (χ3n) is 2.45. The van der Waals surface area contributed by atoms with Crippen molar-refractivity contribution in [1.82, 2.24) is 9.97 Å². The van der Waals surface area contributed by atoms with Crippen LogP contribution in [0.2, 0.25) is 0 Å². The quantitative estimate of drug-likeness (QED) is 0.766. The maximum atomic E-state index is 11.7. The fourth-order valence-corrected chi connectivity index (χ4v) is 2.08. The van der Waals surface area contributed by atoms with E-state index >= 15 is 0 Å². The van der Waals surface area contributed by atoms with Gasteiger partial charge in [-0.2, -0.15) is 0 Å². The Morgan fingerprint density at radius 1 is 1.67 bits per heavy atom. The van der Waals surface area contributed by atoms with Gasteiger partial charge in [0.25, 0.3) is 0 Å². The molecule has 1 atom stereocenters. The standard InChI is InChI=1S/C10H12BrN3O/c1-7-2-3-12-10(13-7)14-6-8(5-11)4-9(14)15/h2-3,8H,4-6H2,1H3. The molecule has 80 valence electrons. The molecule has 0 saturated carbocycles. The van der Waals surface area contributed by atoms with Crippen LogP contribution in [0.25, 0.3) is 0 Å². The minimum Gasteiger partial charge on any atom is -0.280 e. The van der Waals surface area contributed by atoms with Gasteiger partial charge in [0.05, 0.1) is 0 Å². The number of anilines is 1. The third-order valence-corrected chi connectivity index (χ3v) is 3.36. The van der Waals surface area contributed by atoms with E-state index in [-0.39, 0.29) is 5.91 Å². The Bertz CT molecular complexity index is 383. The topological polar surface area (TPSA) is 46.1 Å². The van der Waals surface area contributed by atoms with Gasteiger partial charge in [-0.05, 0) is 18.9 Å². The normalized spacial score (nSPS) is 21.1. The molecule has 0 aliphatic carbocycles. The molecule has 4 nitrogen and oxygen atoms in total. The van der Waals surface area contributed by atoms with Gasteiger partial charge in [-0.1, -0.05) is 15.9 Å². The number of rotatable bonds is 2. The maximum Gasteiger partial charge on any atom is 0.232 e. The number of carbonyl (C=O) groups is 1. The smallest absolute Gasteiger partial charge is 0.232 e. The predicted molar refractivity (Wildman–Crippen MR) is 61.0 cm³/mol. The lowest BCUT2D eigenvalue weighted by atomic mass is 10.2. The molecule has 0 radical (unpaired) electrons. The first-order valence-electron chi connectivity index (χ1n) is 4.86. The summed E-state index contributed by atoms with van der Waals surface area (Å²) < 4.78 is 0. The number of alkyl halides is 1. The maximum absolute atomic E-state index is 11.7. The number of aryl methyl sites for hydroxylation is 1. The molecule has 1 amide bonds. The van der Waals surface area contributed by atoms with Crippen LogP contribution in [0.4, 0.5) is 5.95 Å². The Morgan fingerprint density at radius 3 is 3.07 bits per heavy atom. The van der Waals surface area contributed by atoms with Gasteiger partial charge in [0.1, 0.15) is 0 Å². The molecule has 1 aromatic rings. The van der Waals surface area contributed by atoms with E-state index in [2.05, 4.69) is 25.9 Å². The van der Waals surface area contributed by atoms with Crippen LogP contribution in [0.3, 0.4) is 0 Å². The number of amides is 1. The Kier molecular flexibility index (Phi) is 3.00. The van der Waals surface area contributed by atoms with Crippen LogP contribution in [0.1, 0.15) is 12.1 Å². The van der Waals surface area contributed by atoms with Gasteiger partial charge in [-0.3, -0.25) is 9.69 Å². The summed E-state index contributed by atoms with van der Waals surface area (Å²) in [5, 5.41) is 0.848. The number of halogens is 1. The average Bonchev–Trinajstić information content (AvgIpc) is 2.60. The lowest BCUT2D eigenvalue weighted by Gasteiger charge is -2.13. The van der Waals surface area contributed by atoms with E-state index in [1.165, 1.54) is 0 Å². The number of carbonyl (C=O) groups excluding carboxylic acids is 1. The van der Waals surface area contributed by atoms with E-state index in [1.54, 1.807) is 11.1 Å². The average molecular weight is 270 g/mol. The molecule has 2 rings (SSSR count). The van der Waals surface area contributed by atoms with Gasteiger partial charge >= 0.3 is 0 Å². The summed E-state index contributed by atoms with van der Waals surface area (Å²) >= 11 is 3.40. The second kappa shape index (κ2) is 4.26. The Hall–Kier alpha value is -0.970. The Morgan fingerprint density at radius 2 is 2.47 bits per heavy atom. The van der Waals surface area contributed by atoms with Crippen LogP contribution in [0.15, 0.2) is 12.3 Å². The zero-order valence-corrected chi connectivity index (χ0v) is 10.1. The van der Waals surface area contributed by atoms with E-state index in [0.717, 1.165) is 11.0 Å². The van der Waals surface area contributed by atoms with E-state index < -0.39 is 0 Å². The van der Waals surface area contributed by atoms with Crippen LogP contribution in [0, 0.1) is 12.8 Å². The summed E-state index contributed by atoms with van der Waals surface area (Å²) in [6.07, 6.45) is 2.27. The van der Waals surface area contributed by atoms with Crippen molar-refractivity contribution in [3.63, 3.8) is 0 Å². The van der Waals surface area contributed by atoms with Gasteiger partial charge in [-0.25, -0.2) is 9.97 Å². The van der Waals surface area contributed by atoms with Crippen LogP contribution in [-0.4, -0.2) is 27.7 Å². The molecule has 1 aromatic heterocycles. The molecule has 0 spiro atoms. The molecule has 15 heavy (non-hydrogen) atoms. The molecule has 2 heterocycles. The summed E-state index contributed by atoms with van der Waals surface area (Å²) in [5.41, 5.74) is 0.884. The number of aromatic nitrogens is 2. The zero-order valence-electron chi connectivity index (χ0n) is 8.48. The summed E-state index contributed by atoms with van der Waals surface area (Å²) in [7, 11) is 0. The first-order chi connectivity index (χ1) is 7.20. The molecular formula is C10H12BrN3O. The summed E-state index contributed by atoms with van der Waals surface area (Å²) in [5.74, 6) is 1.02. The first-order valence-corrected chi connectivity index (χ1v) is 5.99. The minimum atomic E-state index is 0.116. The number of hydrogen-bond donors (Lipinski definition) is 0. The Labute approximate surface area is 96.8 Å². The second-order valence-electron chi connectivity index (χ2n) is 3.73. The first kappa shape index (κ1) is 10.5. The van der Waals surface area contributed by atoms with Gasteiger partial charge < -0.3 is 0 Å². The van der Waals surface area contributed by atoms with Crippen LogP contribution in [-0.2, 0) is 4.79 Å². The van der Waals surface area contributed by atoms with Crippen LogP contribution in [0.5, 0.6) is 0 Å². The number of nitrogens with zero attached hydrogens (tertiary/aromatic N) is 3. The molecule has 1 aliphatic heterocycles. The highest BCUT2D eigenvalue weighted by atomic mass is 79.9. The molecule has 0 N–H and O–H groups in total. The van der Waals surface area contributed by atoms with Crippen molar-refractivity contribution in [3.8, 4) is 0 Å². The van der Waals surface area contributed by atoms with Crippen molar-refractivity contribution in [2.75, 3.05) is 16.8 Å². The molecular weight excluding hydrogens is 258 g/mol. The monoisotopic (exact) mass is 269 g/mol. The van der Waals surface area contributed by atoms with Crippen molar-refractivity contribution in [2.24, 2.45) is 5.92 Å². The van der Waals surface area contributed by atoms with Gasteiger partial charge in [0, 0.05) is 30.2 Å². The highest BCUT2D eigenvalue weighted by Gasteiger charge is 2.31. The highest BCUT2D eigenvalue weighted by Crippen LogP contribution is 2.23. The van der Waals surface area contributed by atoms with Crippen LogP contribution < -0.4 is 4.90 Å². The summed E-state index contributed by atoms with van der Waals surface area (Å²) in [4.78, 5) is 21.7. The molecule has 1 saturated heterocycles. The number of hydrogen-bond acceptors (Lipinski definition) is 3. The van der Waals surface area contributed by atoms with E-state index in [1.807, 2.05) is 13.0 Å². The van der Waals surface area contributed by atoms with E-state index in [9.17, 15) is 4.79 Å².